The van der Waals surface area contributed by atoms with Gasteiger partial charge in [0.2, 0.25) is 0 Å². The SMILES string of the molecule is CC[C@H](Cc1ccccc1)CC(C)OC(=O)CNC(=O)c1nccc(OC)c1O.Cc1ccc(F)cc1. The molecule has 2 N–H and O–H groups in total. The van der Waals surface area contributed by atoms with E-state index < -0.39 is 11.9 Å². The van der Waals surface area contributed by atoms with Crippen LogP contribution in [0.25, 0.3) is 0 Å². The number of hydrogen-bond donors (Lipinski definition) is 2. The van der Waals surface area contributed by atoms with Crippen molar-refractivity contribution in [3.05, 3.63) is 89.5 Å². The van der Waals surface area contributed by atoms with Crippen molar-refractivity contribution in [3.8, 4) is 11.5 Å². The first-order chi connectivity index (χ1) is 17.7. The third-order valence-corrected chi connectivity index (χ3v) is 5.67. The summed E-state index contributed by atoms with van der Waals surface area (Å²) in [7, 11) is 1.37. The second-order valence-electron chi connectivity index (χ2n) is 8.69. The van der Waals surface area contributed by atoms with E-state index in [2.05, 4.69) is 29.4 Å². The van der Waals surface area contributed by atoms with Gasteiger partial charge in [-0.15, -0.1) is 0 Å². The van der Waals surface area contributed by atoms with Crippen molar-refractivity contribution in [3.63, 3.8) is 0 Å². The van der Waals surface area contributed by atoms with Crippen LogP contribution < -0.4 is 10.1 Å². The zero-order valence-corrected chi connectivity index (χ0v) is 21.7. The van der Waals surface area contributed by atoms with Crippen LogP contribution >= 0.6 is 0 Å². The Bertz CT molecular complexity index is 1100. The summed E-state index contributed by atoms with van der Waals surface area (Å²) in [6, 6.07) is 18.0. The van der Waals surface area contributed by atoms with Gasteiger partial charge < -0.3 is 19.9 Å². The van der Waals surface area contributed by atoms with Gasteiger partial charge in [-0.1, -0.05) is 61.4 Å². The first-order valence-electron chi connectivity index (χ1n) is 12.2. The topological polar surface area (TPSA) is 97.8 Å². The fraction of sp³-hybridized carbons (Fsp3) is 0.345. The Labute approximate surface area is 217 Å². The average Bonchev–Trinajstić information content (AvgIpc) is 2.89. The smallest absolute Gasteiger partial charge is 0.325 e. The summed E-state index contributed by atoms with van der Waals surface area (Å²) in [5.41, 5.74) is 2.14. The third-order valence-electron chi connectivity index (χ3n) is 5.67. The zero-order valence-electron chi connectivity index (χ0n) is 21.7. The molecule has 2 atom stereocenters. The number of benzene rings is 2. The maximum atomic E-state index is 12.2. The van der Waals surface area contributed by atoms with Crippen LogP contribution in [0.15, 0.2) is 66.9 Å². The molecule has 1 amide bonds. The van der Waals surface area contributed by atoms with E-state index in [9.17, 15) is 19.1 Å². The lowest BCUT2D eigenvalue weighted by molar-refractivity contribution is -0.147. The van der Waals surface area contributed by atoms with Crippen LogP contribution in [-0.2, 0) is 16.0 Å². The Kier molecular flexibility index (Phi) is 12.1. The van der Waals surface area contributed by atoms with Gasteiger partial charge in [-0.2, -0.15) is 0 Å². The molecule has 0 saturated heterocycles. The number of carbonyl (C=O) groups is 2. The number of nitrogens with zero attached hydrogens (tertiary/aromatic N) is 1. The molecule has 8 heteroatoms. The van der Waals surface area contributed by atoms with Gasteiger partial charge >= 0.3 is 5.97 Å². The van der Waals surface area contributed by atoms with Gasteiger partial charge in [0, 0.05) is 12.3 Å². The number of methoxy groups -OCH3 is 1. The van der Waals surface area contributed by atoms with Crippen molar-refractivity contribution in [1.82, 2.24) is 10.3 Å². The summed E-state index contributed by atoms with van der Waals surface area (Å²) in [4.78, 5) is 28.1. The van der Waals surface area contributed by atoms with Crippen LogP contribution in [0.1, 0.15) is 48.3 Å². The Balaban J connectivity index is 0.000000510. The number of nitrogens with one attached hydrogen (secondary N) is 1. The number of pyridine rings is 1. The van der Waals surface area contributed by atoms with Gasteiger partial charge in [0.15, 0.2) is 17.2 Å². The molecule has 0 saturated carbocycles. The number of aromatic hydroxyl groups is 1. The van der Waals surface area contributed by atoms with E-state index in [0.29, 0.717) is 5.92 Å². The minimum atomic E-state index is -0.679. The highest BCUT2D eigenvalue weighted by Crippen LogP contribution is 2.27. The maximum absolute atomic E-state index is 12.2. The normalized spacial score (nSPS) is 11.9. The molecule has 3 rings (SSSR count). The Morgan fingerprint density at radius 3 is 2.35 bits per heavy atom. The van der Waals surface area contributed by atoms with E-state index in [1.807, 2.05) is 32.0 Å². The second-order valence-corrected chi connectivity index (χ2v) is 8.69. The molecular weight excluding hydrogens is 475 g/mol. The summed E-state index contributed by atoms with van der Waals surface area (Å²) in [5, 5.41) is 12.4. The summed E-state index contributed by atoms with van der Waals surface area (Å²) >= 11 is 0. The van der Waals surface area contributed by atoms with Gasteiger partial charge in [-0.3, -0.25) is 9.59 Å². The molecular formula is C29H35FN2O5. The highest BCUT2D eigenvalue weighted by atomic mass is 19.1. The molecule has 1 heterocycles. The standard InChI is InChI=1S/C22H28N2O5.C7H7F/c1-4-16(13-17-8-6-5-7-9-17)12-15(2)29-19(25)14-24-22(27)20-21(26)18(28-3)10-11-23-20;1-6-2-4-7(8)5-3-6/h5-11,15-16,26H,4,12-14H2,1-3H3,(H,24,27);2-5H,1H3/t15?,16-;/m0./s1. The molecule has 0 spiro atoms. The van der Waals surface area contributed by atoms with Crippen molar-refractivity contribution in [2.75, 3.05) is 13.7 Å². The summed E-state index contributed by atoms with van der Waals surface area (Å²) in [6.07, 6.45) is 3.72. The van der Waals surface area contributed by atoms with Crippen LogP contribution in [0.3, 0.4) is 0 Å². The molecule has 0 aliphatic heterocycles. The van der Waals surface area contributed by atoms with Crippen molar-refractivity contribution >= 4 is 11.9 Å². The van der Waals surface area contributed by atoms with Crippen LogP contribution in [0.5, 0.6) is 11.5 Å². The molecule has 1 aromatic heterocycles. The highest BCUT2D eigenvalue weighted by Gasteiger charge is 2.19. The third kappa shape index (κ3) is 10.3. The fourth-order valence-corrected chi connectivity index (χ4v) is 3.66. The molecule has 0 aliphatic rings. The fourth-order valence-electron chi connectivity index (χ4n) is 3.66. The van der Waals surface area contributed by atoms with Gasteiger partial charge in [0.1, 0.15) is 12.4 Å². The number of aromatic nitrogens is 1. The first kappa shape index (κ1) is 29.3. The van der Waals surface area contributed by atoms with Crippen molar-refractivity contribution in [1.29, 1.82) is 0 Å². The quantitative estimate of drug-likeness (QED) is 0.362. The maximum Gasteiger partial charge on any atom is 0.325 e. The minimum absolute atomic E-state index is 0.130. The first-order valence-corrected chi connectivity index (χ1v) is 12.2. The van der Waals surface area contributed by atoms with Crippen LogP contribution in [0.2, 0.25) is 0 Å². The molecule has 0 fully saturated rings. The number of aryl methyl sites for hydroxylation is 1. The van der Waals surface area contributed by atoms with Gasteiger partial charge in [0.05, 0.1) is 13.2 Å². The Morgan fingerprint density at radius 2 is 1.76 bits per heavy atom. The number of rotatable bonds is 10. The number of ether oxygens (including phenoxy) is 2. The predicted octanol–water partition coefficient (Wildman–Crippen LogP) is 5.25. The lowest BCUT2D eigenvalue weighted by atomic mass is 9.92. The van der Waals surface area contributed by atoms with Crippen molar-refractivity contribution in [2.45, 2.75) is 46.1 Å². The number of amides is 1. The minimum Gasteiger partial charge on any atom is -0.503 e. The van der Waals surface area contributed by atoms with Crippen LogP contribution in [-0.4, -0.2) is 41.7 Å². The van der Waals surface area contributed by atoms with E-state index in [1.165, 1.54) is 37.1 Å². The average molecular weight is 511 g/mol. The largest absolute Gasteiger partial charge is 0.503 e. The zero-order chi connectivity index (χ0) is 27.2. The molecule has 37 heavy (non-hydrogen) atoms. The second kappa shape index (κ2) is 15.2. The van der Waals surface area contributed by atoms with Crippen LogP contribution in [0.4, 0.5) is 4.39 Å². The Morgan fingerprint density at radius 1 is 1.08 bits per heavy atom. The highest BCUT2D eigenvalue weighted by molar-refractivity contribution is 5.97. The number of carbonyl (C=O) groups excluding carboxylic acids is 2. The van der Waals surface area contributed by atoms with Gasteiger partial charge in [-0.25, -0.2) is 9.37 Å². The Hall–Kier alpha value is -3.94. The lowest BCUT2D eigenvalue weighted by Gasteiger charge is -2.20. The van der Waals surface area contributed by atoms with E-state index in [0.717, 1.165) is 24.8 Å². The van der Waals surface area contributed by atoms with E-state index >= 15 is 0 Å². The van der Waals surface area contributed by atoms with Crippen molar-refractivity contribution < 1.29 is 28.6 Å². The summed E-state index contributed by atoms with van der Waals surface area (Å²) < 4.78 is 22.4. The molecule has 0 bridgehead atoms. The van der Waals surface area contributed by atoms with E-state index in [1.54, 1.807) is 12.1 Å². The monoisotopic (exact) mass is 510 g/mol. The van der Waals surface area contributed by atoms with E-state index in [-0.39, 0.29) is 35.7 Å². The molecule has 3 aromatic rings. The lowest BCUT2D eigenvalue weighted by Crippen LogP contribution is -2.33. The molecule has 0 radical (unpaired) electrons. The molecule has 2 aromatic carbocycles. The van der Waals surface area contributed by atoms with Gasteiger partial charge in [0.25, 0.3) is 5.91 Å². The number of halogens is 1. The summed E-state index contributed by atoms with van der Waals surface area (Å²) in [6.45, 7) is 5.59. The molecule has 1 unspecified atom stereocenters. The molecule has 198 valence electrons. The number of hydrogen-bond acceptors (Lipinski definition) is 6. The number of esters is 1. The van der Waals surface area contributed by atoms with Crippen molar-refractivity contribution in [2.24, 2.45) is 5.92 Å². The molecule has 0 aliphatic carbocycles. The van der Waals surface area contributed by atoms with E-state index in [4.69, 9.17) is 9.47 Å². The van der Waals surface area contributed by atoms with Crippen LogP contribution in [0, 0.1) is 18.7 Å². The molecule has 7 nitrogen and oxygen atoms in total. The summed E-state index contributed by atoms with van der Waals surface area (Å²) in [5.74, 6) is -1.24. The van der Waals surface area contributed by atoms with Gasteiger partial charge in [-0.05, 0) is 50.3 Å². The predicted molar refractivity (Wildman–Crippen MR) is 140 cm³/mol.